The molecule has 7 nitrogen and oxygen atoms in total. The Morgan fingerprint density at radius 2 is 2.00 bits per heavy atom. The van der Waals surface area contributed by atoms with E-state index in [1.165, 1.54) is 4.90 Å². The number of nitrogens with zero attached hydrogens (tertiary/aromatic N) is 2. The molecule has 20 heavy (non-hydrogen) atoms. The van der Waals surface area contributed by atoms with Crippen molar-refractivity contribution in [3.8, 4) is 6.07 Å². The number of hydrogen-bond acceptors (Lipinski definition) is 6. The highest BCUT2D eigenvalue weighted by Crippen LogP contribution is 2.25. The van der Waals surface area contributed by atoms with Crippen LogP contribution < -0.4 is 0 Å². The Morgan fingerprint density at radius 1 is 1.40 bits per heavy atom. The van der Waals surface area contributed by atoms with Gasteiger partial charge in [0.25, 0.3) is 10.1 Å². The van der Waals surface area contributed by atoms with Crippen molar-refractivity contribution in [2.75, 3.05) is 19.3 Å². The number of rotatable bonds is 3. The Kier molecular flexibility index (Phi) is 5.00. The third kappa shape index (κ3) is 5.35. The maximum Gasteiger partial charge on any atom is 0.410 e. The number of ether oxygens (including phenoxy) is 1. The minimum atomic E-state index is -3.63. The molecule has 0 saturated carbocycles. The number of likely N-dealkylation sites (tertiary alicyclic amines) is 1. The van der Waals surface area contributed by atoms with Crippen LogP contribution >= 0.6 is 0 Å². The van der Waals surface area contributed by atoms with Gasteiger partial charge in [-0.05, 0) is 20.8 Å². The molecule has 0 spiro atoms. The Balaban J connectivity index is 2.75. The minimum Gasteiger partial charge on any atom is -0.444 e. The van der Waals surface area contributed by atoms with Crippen molar-refractivity contribution in [1.82, 2.24) is 4.90 Å². The van der Waals surface area contributed by atoms with Crippen LogP contribution in [0.1, 0.15) is 27.2 Å². The van der Waals surface area contributed by atoms with E-state index in [0.29, 0.717) is 0 Å². The third-order valence-corrected chi connectivity index (χ3v) is 3.28. The zero-order chi connectivity index (χ0) is 15.6. The van der Waals surface area contributed by atoms with E-state index in [2.05, 4.69) is 0 Å². The van der Waals surface area contributed by atoms with Crippen LogP contribution in [0.15, 0.2) is 0 Å². The van der Waals surface area contributed by atoms with Crippen molar-refractivity contribution in [1.29, 1.82) is 5.26 Å². The van der Waals surface area contributed by atoms with Crippen LogP contribution in [0.3, 0.4) is 0 Å². The molecule has 1 heterocycles. The molecule has 0 bridgehead atoms. The fourth-order valence-electron chi connectivity index (χ4n) is 1.96. The molecule has 1 fully saturated rings. The van der Waals surface area contributed by atoms with Gasteiger partial charge in [0.05, 0.1) is 18.9 Å². The van der Waals surface area contributed by atoms with Gasteiger partial charge in [-0.2, -0.15) is 13.7 Å². The van der Waals surface area contributed by atoms with E-state index < -0.39 is 27.9 Å². The Labute approximate surface area is 119 Å². The SMILES string of the molecule is CC(C)(C)OC(=O)N1C[C@@H](CC#N)[C@H](OS(C)(=O)=O)C1. The van der Waals surface area contributed by atoms with E-state index in [4.69, 9.17) is 14.2 Å². The molecule has 2 atom stereocenters. The normalized spacial score (nSPS) is 23.4. The molecule has 8 heteroatoms. The molecule has 0 unspecified atom stereocenters. The lowest BCUT2D eigenvalue weighted by atomic mass is 10.0. The smallest absolute Gasteiger partial charge is 0.410 e. The van der Waals surface area contributed by atoms with Crippen molar-refractivity contribution in [2.45, 2.75) is 38.9 Å². The first-order valence-electron chi connectivity index (χ1n) is 6.25. The molecule has 0 aromatic rings. The summed E-state index contributed by atoms with van der Waals surface area (Å²) in [5.41, 5.74) is -0.627. The molecule has 0 aromatic heterocycles. The molecule has 0 aromatic carbocycles. The molecule has 0 radical (unpaired) electrons. The van der Waals surface area contributed by atoms with E-state index in [0.717, 1.165) is 6.26 Å². The van der Waals surface area contributed by atoms with Gasteiger partial charge in [-0.1, -0.05) is 0 Å². The Hall–Kier alpha value is -1.33. The van der Waals surface area contributed by atoms with Gasteiger partial charge in [0, 0.05) is 18.9 Å². The second-order valence-electron chi connectivity index (χ2n) is 5.85. The number of amides is 1. The van der Waals surface area contributed by atoms with Crippen molar-refractivity contribution in [2.24, 2.45) is 5.92 Å². The summed E-state index contributed by atoms with van der Waals surface area (Å²) >= 11 is 0. The molecular weight excluding hydrogens is 284 g/mol. The predicted molar refractivity (Wildman–Crippen MR) is 71.2 cm³/mol. The summed E-state index contributed by atoms with van der Waals surface area (Å²) in [4.78, 5) is 13.3. The lowest BCUT2D eigenvalue weighted by Crippen LogP contribution is -2.36. The maximum absolute atomic E-state index is 11.9. The van der Waals surface area contributed by atoms with Gasteiger partial charge in [-0.15, -0.1) is 0 Å². The fraction of sp³-hybridized carbons (Fsp3) is 0.833. The number of hydrogen-bond donors (Lipinski definition) is 0. The van der Waals surface area contributed by atoms with Crippen LogP contribution in [0.4, 0.5) is 4.79 Å². The van der Waals surface area contributed by atoms with Crippen LogP contribution in [0.5, 0.6) is 0 Å². The van der Waals surface area contributed by atoms with Crippen molar-refractivity contribution >= 4 is 16.2 Å². The average Bonchev–Trinajstić information content (AvgIpc) is 2.57. The van der Waals surface area contributed by atoms with Gasteiger partial charge in [0.2, 0.25) is 0 Å². The minimum absolute atomic E-state index is 0.105. The zero-order valence-corrected chi connectivity index (χ0v) is 12.9. The molecule has 1 aliphatic heterocycles. The predicted octanol–water partition coefficient (Wildman–Crippen LogP) is 1.11. The van der Waals surface area contributed by atoms with Gasteiger partial charge in [0.1, 0.15) is 11.7 Å². The maximum atomic E-state index is 11.9. The van der Waals surface area contributed by atoms with Gasteiger partial charge < -0.3 is 9.64 Å². The highest BCUT2D eigenvalue weighted by molar-refractivity contribution is 7.86. The number of nitriles is 1. The van der Waals surface area contributed by atoms with Crippen LogP contribution in [-0.4, -0.2) is 50.5 Å². The Morgan fingerprint density at radius 3 is 2.45 bits per heavy atom. The molecule has 1 saturated heterocycles. The summed E-state index contributed by atoms with van der Waals surface area (Å²) in [6.45, 7) is 5.60. The summed E-state index contributed by atoms with van der Waals surface area (Å²) < 4.78 is 32.6. The molecule has 1 rings (SSSR count). The van der Waals surface area contributed by atoms with E-state index in [9.17, 15) is 13.2 Å². The zero-order valence-electron chi connectivity index (χ0n) is 12.1. The van der Waals surface area contributed by atoms with E-state index >= 15 is 0 Å². The molecule has 0 aliphatic carbocycles. The first kappa shape index (κ1) is 16.7. The second kappa shape index (κ2) is 5.97. The summed E-state index contributed by atoms with van der Waals surface area (Å²) in [6, 6.07) is 1.98. The van der Waals surface area contributed by atoms with Gasteiger partial charge >= 0.3 is 6.09 Å². The second-order valence-corrected chi connectivity index (χ2v) is 7.45. The lowest BCUT2D eigenvalue weighted by Gasteiger charge is -2.24. The standard InChI is InChI=1S/C12H20N2O5S/c1-12(2,3)18-11(15)14-7-9(5-6-13)10(8-14)19-20(4,16)17/h9-10H,5,7-8H2,1-4H3/t9-,10-/m1/s1. The highest BCUT2D eigenvalue weighted by Gasteiger charge is 2.39. The molecule has 114 valence electrons. The van der Waals surface area contributed by atoms with Gasteiger partial charge in [-0.3, -0.25) is 4.18 Å². The number of carbonyl (C=O) groups is 1. The molecular formula is C12H20N2O5S. The lowest BCUT2D eigenvalue weighted by molar-refractivity contribution is 0.0275. The summed E-state index contributed by atoms with van der Waals surface area (Å²) in [6.07, 6.45) is -0.149. The van der Waals surface area contributed by atoms with Crippen LogP contribution in [-0.2, 0) is 19.0 Å². The monoisotopic (exact) mass is 304 g/mol. The average molecular weight is 304 g/mol. The molecule has 1 amide bonds. The quantitative estimate of drug-likeness (QED) is 0.725. The fourth-order valence-corrected chi connectivity index (χ4v) is 2.63. The summed E-state index contributed by atoms with van der Waals surface area (Å²) in [5.74, 6) is -0.331. The third-order valence-electron chi connectivity index (χ3n) is 2.68. The number of carbonyl (C=O) groups excluding carboxylic acids is 1. The summed E-state index contributed by atoms with van der Waals surface area (Å²) in [7, 11) is -3.63. The Bertz CT molecular complexity index is 503. The topological polar surface area (TPSA) is 96.7 Å². The molecule has 0 N–H and O–H groups in total. The first-order chi connectivity index (χ1) is 9.02. The van der Waals surface area contributed by atoms with Crippen molar-refractivity contribution in [3.05, 3.63) is 0 Å². The first-order valence-corrected chi connectivity index (χ1v) is 8.06. The van der Waals surface area contributed by atoms with Crippen LogP contribution in [0.2, 0.25) is 0 Å². The van der Waals surface area contributed by atoms with E-state index in [1.807, 2.05) is 6.07 Å². The highest BCUT2D eigenvalue weighted by atomic mass is 32.2. The van der Waals surface area contributed by atoms with Crippen molar-refractivity contribution < 1.29 is 22.1 Å². The molecule has 1 aliphatic rings. The van der Waals surface area contributed by atoms with Crippen molar-refractivity contribution in [3.63, 3.8) is 0 Å². The van der Waals surface area contributed by atoms with Crippen LogP contribution in [0.25, 0.3) is 0 Å². The largest absolute Gasteiger partial charge is 0.444 e. The summed E-state index contributed by atoms with van der Waals surface area (Å²) in [5, 5.41) is 8.76. The van der Waals surface area contributed by atoms with Gasteiger partial charge in [0.15, 0.2) is 0 Å². The van der Waals surface area contributed by atoms with Gasteiger partial charge in [-0.25, -0.2) is 4.79 Å². The van der Waals surface area contributed by atoms with Crippen LogP contribution in [0, 0.1) is 17.2 Å². The van der Waals surface area contributed by atoms with E-state index in [-0.39, 0.29) is 25.4 Å². The van der Waals surface area contributed by atoms with E-state index in [1.54, 1.807) is 20.8 Å².